The first-order valence-electron chi connectivity index (χ1n) is 5.83. The first kappa shape index (κ1) is 12.5. The summed E-state index contributed by atoms with van der Waals surface area (Å²) in [5.41, 5.74) is 0. The van der Waals surface area contributed by atoms with E-state index in [-0.39, 0.29) is 24.3 Å². The number of hydrogen-bond acceptors (Lipinski definition) is 5. The largest absolute Gasteiger partial charge is 0.389 e. The molecule has 1 aliphatic heterocycles. The molecule has 0 spiro atoms. The lowest BCUT2D eigenvalue weighted by molar-refractivity contribution is -0.389. The number of aromatic nitrogens is 2. The Bertz CT molecular complexity index is 438. The molecule has 1 aromatic rings. The van der Waals surface area contributed by atoms with E-state index in [1.54, 1.807) is 0 Å². The summed E-state index contributed by atoms with van der Waals surface area (Å²) in [5, 5.41) is 20.2. The molecule has 0 aliphatic carbocycles. The molecule has 0 radical (unpaired) electrons. The summed E-state index contributed by atoms with van der Waals surface area (Å²) in [6.07, 6.45) is 3.42. The van der Waals surface area contributed by atoms with Crippen molar-refractivity contribution < 1.29 is 9.72 Å². The summed E-state index contributed by atoms with van der Waals surface area (Å²) < 4.78 is 1.27. The van der Waals surface area contributed by atoms with Crippen LogP contribution in [0.3, 0.4) is 0 Å². The van der Waals surface area contributed by atoms with Gasteiger partial charge >= 0.3 is 5.82 Å². The number of nitrogens with one attached hydrogen (secondary N) is 2. The van der Waals surface area contributed by atoms with Crippen LogP contribution in [0.25, 0.3) is 0 Å². The molecular formula is C10H15N5O3. The van der Waals surface area contributed by atoms with Gasteiger partial charge in [-0.15, -0.1) is 0 Å². The Morgan fingerprint density at radius 2 is 2.56 bits per heavy atom. The number of nitrogens with zero attached hydrogens (tertiary/aromatic N) is 3. The van der Waals surface area contributed by atoms with Crippen LogP contribution in [0.2, 0.25) is 0 Å². The smallest absolute Gasteiger partial charge is 0.358 e. The van der Waals surface area contributed by atoms with Crippen molar-refractivity contribution in [1.82, 2.24) is 20.4 Å². The van der Waals surface area contributed by atoms with Crippen molar-refractivity contribution in [2.24, 2.45) is 0 Å². The Morgan fingerprint density at radius 3 is 3.17 bits per heavy atom. The van der Waals surface area contributed by atoms with Crippen molar-refractivity contribution in [3.8, 4) is 0 Å². The van der Waals surface area contributed by atoms with Crippen LogP contribution in [0.1, 0.15) is 12.8 Å². The van der Waals surface area contributed by atoms with Crippen LogP contribution in [0.4, 0.5) is 5.82 Å². The molecule has 1 atom stereocenters. The fourth-order valence-electron chi connectivity index (χ4n) is 1.93. The fraction of sp³-hybridized carbons (Fsp3) is 0.600. The summed E-state index contributed by atoms with van der Waals surface area (Å²) in [7, 11) is 0. The topological polar surface area (TPSA) is 102 Å². The highest BCUT2D eigenvalue weighted by molar-refractivity contribution is 5.76. The van der Waals surface area contributed by atoms with E-state index in [2.05, 4.69) is 15.7 Å². The number of carbonyl (C=O) groups excluding carboxylic acids is 1. The Labute approximate surface area is 104 Å². The predicted octanol–water partition coefficient (Wildman–Crippen LogP) is -0.341. The zero-order chi connectivity index (χ0) is 13.0. The van der Waals surface area contributed by atoms with Crippen molar-refractivity contribution in [3.05, 3.63) is 22.4 Å². The highest BCUT2D eigenvalue weighted by atomic mass is 16.6. The van der Waals surface area contributed by atoms with E-state index in [9.17, 15) is 14.9 Å². The average Bonchev–Trinajstić information content (AvgIpc) is 2.78. The maximum absolute atomic E-state index is 11.7. The normalized spacial score (nSPS) is 19.4. The van der Waals surface area contributed by atoms with Gasteiger partial charge in [0.2, 0.25) is 5.91 Å². The van der Waals surface area contributed by atoms with Crippen molar-refractivity contribution in [2.45, 2.75) is 25.4 Å². The first-order valence-corrected chi connectivity index (χ1v) is 5.83. The molecule has 0 aromatic carbocycles. The second-order valence-corrected chi connectivity index (χ2v) is 4.24. The Balaban J connectivity index is 1.84. The molecule has 1 aromatic heterocycles. The van der Waals surface area contributed by atoms with Gasteiger partial charge in [0.05, 0.1) is 17.4 Å². The number of nitro groups is 1. The first-order chi connectivity index (χ1) is 8.65. The molecule has 1 saturated heterocycles. The summed E-state index contributed by atoms with van der Waals surface area (Å²) in [5.74, 6) is -0.427. The molecule has 0 unspecified atom stereocenters. The molecule has 8 nitrogen and oxygen atoms in total. The van der Waals surface area contributed by atoms with Gasteiger partial charge in [-0.3, -0.25) is 4.79 Å². The van der Waals surface area contributed by atoms with Crippen molar-refractivity contribution in [2.75, 3.05) is 13.1 Å². The monoisotopic (exact) mass is 253 g/mol. The lowest BCUT2D eigenvalue weighted by atomic mass is 10.1. The Morgan fingerprint density at radius 1 is 1.72 bits per heavy atom. The lowest BCUT2D eigenvalue weighted by Crippen LogP contribution is -2.46. The van der Waals surface area contributed by atoms with Gasteiger partial charge in [0.25, 0.3) is 0 Å². The third kappa shape index (κ3) is 3.27. The molecule has 1 fully saturated rings. The van der Waals surface area contributed by atoms with Gasteiger partial charge in [-0.1, -0.05) is 0 Å². The zero-order valence-corrected chi connectivity index (χ0v) is 9.83. The molecule has 8 heteroatoms. The number of carbonyl (C=O) groups is 1. The molecule has 0 saturated carbocycles. The summed E-state index contributed by atoms with van der Waals surface area (Å²) in [6.45, 7) is 1.76. The van der Waals surface area contributed by atoms with Gasteiger partial charge in [0.1, 0.15) is 6.54 Å². The maximum Gasteiger partial charge on any atom is 0.389 e. The van der Waals surface area contributed by atoms with Crippen molar-refractivity contribution >= 4 is 11.7 Å². The third-order valence-corrected chi connectivity index (χ3v) is 2.78. The molecular weight excluding hydrogens is 238 g/mol. The molecule has 0 bridgehead atoms. The second kappa shape index (κ2) is 5.58. The fourth-order valence-corrected chi connectivity index (χ4v) is 1.93. The number of piperidine rings is 1. The van der Waals surface area contributed by atoms with Crippen LogP contribution in [-0.2, 0) is 11.3 Å². The highest BCUT2D eigenvalue weighted by Crippen LogP contribution is 2.05. The molecule has 18 heavy (non-hydrogen) atoms. The molecule has 2 rings (SSSR count). The van der Waals surface area contributed by atoms with Gasteiger partial charge in [0.15, 0.2) is 0 Å². The number of hydrogen-bond donors (Lipinski definition) is 2. The minimum Gasteiger partial charge on any atom is -0.358 e. The molecule has 98 valence electrons. The number of amides is 1. The van der Waals surface area contributed by atoms with E-state index in [4.69, 9.17) is 0 Å². The van der Waals surface area contributed by atoms with Gasteiger partial charge in [0, 0.05) is 12.6 Å². The molecule has 2 N–H and O–H groups in total. The van der Waals surface area contributed by atoms with Gasteiger partial charge < -0.3 is 20.7 Å². The van der Waals surface area contributed by atoms with Crippen LogP contribution < -0.4 is 10.6 Å². The van der Waals surface area contributed by atoms with Gasteiger partial charge in [-0.2, -0.15) is 4.68 Å². The van der Waals surface area contributed by atoms with E-state index in [1.165, 1.54) is 16.9 Å². The van der Waals surface area contributed by atoms with Crippen LogP contribution in [0, 0.1) is 10.1 Å². The summed E-state index contributed by atoms with van der Waals surface area (Å²) >= 11 is 0. The van der Waals surface area contributed by atoms with Gasteiger partial charge in [-0.05, 0) is 24.3 Å². The SMILES string of the molecule is O=C(Cn1ccc([N+](=O)[O-])n1)N[C@H]1CCCNC1. The highest BCUT2D eigenvalue weighted by Gasteiger charge is 2.17. The van der Waals surface area contributed by atoms with Crippen LogP contribution in [0.15, 0.2) is 12.3 Å². The minimum absolute atomic E-state index is 0.00431. The summed E-state index contributed by atoms with van der Waals surface area (Å²) in [6, 6.07) is 1.41. The summed E-state index contributed by atoms with van der Waals surface area (Å²) in [4.78, 5) is 21.5. The van der Waals surface area contributed by atoms with Gasteiger partial charge in [-0.25, -0.2) is 0 Å². The van der Waals surface area contributed by atoms with E-state index < -0.39 is 4.92 Å². The second-order valence-electron chi connectivity index (χ2n) is 4.24. The van der Waals surface area contributed by atoms with E-state index >= 15 is 0 Å². The Hall–Kier alpha value is -1.96. The van der Waals surface area contributed by atoms with Crippen LogP contribution in [-0.4, -0.2) is 39.7 Å². The lowest BCUT2D eigenvalue weighted by Gasteiger charge is -2.23. The molecule has 1 aliphatic rings. The molecule has 2 heterocycles. The van der Waals surface area contributed by atoms with E-state index in [1.807, 2.05) is 0 Å². The van der Waals surface area contributed by atoms with E-state index in [0.717, 1.165) is 25.9 Å². The van der Waals surface area contributed by atoms with Crippen molar-refractivity contribution in [3.63, 3.8) is 0 Å². The maximum atomic E-state index is 11.7. The average molecular weight is 253 g/mol. The van der Waals surface area contributed by atoms with Crippen molar-refractivity contribution in [1.29, 1.82) is 0 Å². The van der Waals surface area contributed by atoms with E-state index in [0.29, 0.717) is 0 Å². The molecule has 1 amide bonds. The zero-order valence-electron chi connectivity index (χ0n) is 9.83. The third-order valence-electron chi connectivity index (χ3n) is 2.78. The predicted molar refractivity (Wildman–Crippen MR) is 62.9 cm³/mol. The van der Waals surface area contributed by atoms with Crippen LogP contribution >= 0.6 is 0 Å². The quantitative estimate of drug-likeness (QED) is 0.564. The minimum atomic E-state index is -0.584. The Kier molecular flexibility index (Phi) is 3.88. The van der Waals surface area contributed by atoms with Crippen LogP contribution in [0.5, 0.6) is 0 Å². The standard InChI is InChI=1S/C10H15N5O3/c16-10(12-8-2-1-4-11-6-8)7-14-5-3-9(13-14)15(17)18/h3,5,8,11H,1-2,4,6-7H2,(H,12,16)/t8-/m0/s1. The number of rotatable bonds is 4.